The molecule has 0 aliphatic carbocycles. The second kappa shape index (κ2) is 8.63. The van der Waals surface area contributed by atoms with Crippen molar-refractivity contribution in [2.45, 2.75) is 33.1 Å². The lowest BCUT2D eigenvalue weighted by atomic mass is 9.96. The van der Waals surface area contributed by atoms with Crippen molar-refractivity contribution < 1.29 is 9.53 Å². The van der Waals surface area contributed by atoms with E-state index < -0.39 is 0 Å². The fraction of sp³-hybridized carbons (Fsp3) is 0.409. The van der Waals surface area contributed by atoms with Crippen molar-refractivity contribution in [2.24, 2.45) is 0 Å². The van der Waals surface area contributed by atoms with Crippen molar-refractivity contribution in [3.05, 3.63) is 52.0 Å². The van der Waals surface area contributed by atoms with Crippen LogP contribution in [0.5, 0.6) is 0 Å². The molecular formula is C22H25BrN4O2. The summed E-state index contributed by atoms with van der Waals surface area (Å²) < 4.78 is 8.32. The van der Waals surface area contributed by atoms with Crippen LogP contribution in [0.4, 0.5) is 0 Å². The number of hydrogen-bond donors (Lipinski definition) is 0. The quantitative estimate of drug-likeness (QED) is 0.585. The summed E-state index contributed by atoms with van der Waals surface area (Å²) in [5.74, 6) is 0.176. The number of nitrogens with zero attached hydrogens (tertiary/aromatic N) is 4. The van der Waals surface area contributed by atoms with E-state index in [1.165, 1.54) is 5.69 Å². The molecule has 0 saturated carbocycles. The number of carbonyl (C=O) groups is 1. The zero-order valence-corrected chi connectivity index (χ0v) is 18.4. The van der Waals surface area contributed by atoms with E-state index in [9.17, 15) is 4.79 Å². The Morgan fingerprint density at radius 3 is 2.76 bits per heavy atom. The first-order valence-corrected chi connectivity index (χ1v) is 10.8. The molecule has 0 bridgehead atoms. The van der Waals surface area contributed by atoms with Gasteiger partial charge in [0.05, 0.1) is 24.4 Å². The molecule has 3 aromatic rings. The lowest BCUT2D eigenvalue weighted by Crippen LogP contribution is -2.40. The molecule has 29 heavy (non-hydrogen) atoms. The van der Waals surface area contributed by atoms with Crippen molar-refractivity contribution in [3.63, 3.8) is 0 Å². The van der Waals surface area contributed by atoms with Crippen molar-refractivity contribution >= 4 is 27.4 Å². The summed E-state index contributed by atoms with van der Waals surface area (Å²) >= 11 is 3.54. The number of morpholine rings is 1. The maximum atomic E-state index is 12.7. The maximum Gasteiger partial charge on any atom is 0.223 e. The Morgan fingerprint density at radius 2 is 2.03 bits per heavy atom. The third kappa shape index (κ3) is 4.07. The molecule has 1 aliphatic heterocycles. The van der Waals surface area contributed by atoms with Gasteiger partial charge < -0.3 is 9.64 Å². The SMILES string of the molecule is CCc1ccc2c(-c3cncc(Br)c3)c(CCC(=O)N3CCOCC3)c(C)nn12. The van der Waals surface area contributed by atoms with E-state index in [1.807, 2.05) is 22.5 Å². The smallest absolute Gasteiger partial charge is 0.223 e. The van der Waals surface area contributed by atoms with Crippen LogP contribution < -0.4 is 0 Å². The zero-order chi connectivity index (χ0) is 20.4. The predicted molar refractivity (Wildman–Crippen MR) is 116 cm³/mol. The summed E-state index contributed by atoms with van der Waals surface area (Å²) in [5.41, 5.74) is 6.43. The van der Waals surface area contributed by atoms with Gasteiger partial charge in [-0.05, 0) is 59.5 Å². The van der Waals surface area contributed by atoms with Gasteiger partial charge >= 0.3 is 0 Å². The van der Waals surface area contributed by atoms with Crippen LogP contribution >= 0.6 is 15.9 Å². The Bertz CT molecular complexity index is 1040. The highest BCUT2D eigenvalue weighted by atomic mass is 79.9. The van der Waals surface area contributed by atoms with Gasteiger partial charge in [-0.3, -0.25) is 9.78 Å². The molecule has 1 saturated heterocycles. The van der Waals surface area contributed by atoms with E-state index in [0.717, 1.165) is 38.8 Å². The average Bonchev–Trinajstić information content (AvgIpc) is 3.14. The third-order valence-electron chi connectivity index (χ3n) is 5.49. The number of pyridine rings is 1. The normalized spacial score (nSPS) is 14.5. The number of halogens is 1. The van der Waals surface area contributed by atoms with Gasteiger partial charge in [-0.25, -0.2) is 4.52 Å². The molecule has 152 valence electrons. The molecule has 7 heteroatoms. The van der Waals surface area contributed by atoms with Gasteiger partial charge in [0, 0.05) is 53.2 Å². The number of aromatic nitrogens is 3. The molecule has 0 aromatic carbocycles. The highest BCUT2D eigenvalue weighted by Gasteiger charge is 2.21. The molecular weight excluding hydrogens is 432 g/mol. The van der Waals surface area contributed by atoms with Gasteiger partial charge in [0.25, 0.3) is 0 Å². The molecule has 0 radical (unpaired) electrons. The Balaban J connectivity index is 1.75. The van der Waals surface area contributed by atoms with Crippen LogP contribution in [0.1, 0.15) is 30.3 Å². The fourth-order valence-electron chi connectivity index (χ4n) is 3.97. The molecule has 4 rings (SSSR count). The maximum absolute atomic E-state index is 12.7. The number of rotatable bonds is 5. The van der Waals surface area contributed by atoms with Gasteiger partial charge in [0.2, 0.25) is 5.91 Å². The van der Waals surface area contributed by atoms with Gasteiger partial charge in [0.15, 0.2) is 0 Å². The Morgan fingerprint density at radius 1 is 1.24 bits per heavy atom. The van der Waals surface area contributed by atoms with E-state index in [4.69, 9.17) is 9.84 Å². The first-order chi connectivity index (χ1) is 14.1. The minimum atomic E-state index is 0.176. The van der Waals surface area contributed by atoms with E-state index in [0.29, 0.717) is 39.1 Å². The van der Waals surface area contributed by atoms with Crippen molar-refractivity contribution in [1.82, 2.24) is 19.5 Å². The number of hydrogen-bond acceptors (Lipinski definition) is 4. The molecule has 1 fully saturated rings. The van der Waals surface area contributed by atoms with Gasteiger partial charge in [-0.2, -0.15) is 5.10 Å². The average molecular weight is 457 g/mol. The molecule has 0 N–H and O–H groups in total. The number of ether oxygens (including phenoxy) is 1. The van der Waals surface area contributed by atoms with Crippen molar-refractivity contribution in [1.29, 1.82) is 0 Å². The summed E-state index contributed by atoms with van der Waals surface area (Å²) in [6.45, 7) is 6.76. The summed E-state index contributed by atoms with van der Waals surface area (Å²) in [5, 5.41) is 4.85. The Kier molecular flexibility index (Phi) is 5.96. The standard InChI is InChI=1S/C22H25BrN4O2/c1-3-18-4-6-20-22(16-12-17(23)14-24-13-16)19(15(2)25-27(18)20)5-7-21(28)26-8-10-29-11-9-26/h4,6,12-14H,3,5,7-11H2,1-2H3. The van der Waals surface area contributed by atoms with Crippen LogP contribution in [-0.4, -0.2) is 51.7 Å². The lowest BCUT2D eigenvalue weighted by Gasteiger charge is -2.27. The Labute approximate surface area is 179 Å². The second-order valence-corrected chi connectivity index (χ2v) is 8.21. The van der Waals surface area contributed by atoms with Crippen LogP contribution in [0.25, 0.3) is 16.6 Å². The van der Waals surface area contributed by atoms with Gasteiger partial charge in [-0.1, -0.05) is 6.92 Å². The summed E-state index contributed by atoms with van der Waals surface area (Å²) in [6, 6.07) is 6.32. The molecule has 0 spiro atoms. The van der Waals surface area contributed by atoms with Crippen LogP contribution in [0, 0.1) is 6.92 Å². The highest BCUT2D eigenvalue weighted by Crippen LogP contribution is 2.33. The zero-order valence-electron chi connectivity index (χ0n) is 16.8. The van der Waals surface area contributed by atoms with Crippen LogP contribution in [-0.2, 0) is 22.4 Å². The predicted octanol–water partition coefficient (Wildman–Crippen LogP) is 3.82. The van der Waals surface area contributed by atoms with Gasteiger partial charge in [0.1, 0.15) is 0 Å². The molecule has 6 nitrogen and oxygen atoms in total. The van der Waals surface area contributed by atoms with E-state index >= 15 is 0 Å². The van der Waals surface area contributed by atoms with Crippen LogP contribution in [0.2, 0.25) is 0 Å². The first-order valence-electron chi connectivity index (χ1n) is 10.0. The van der Waals surface area contributed by atoms with Gasteiger partial charge in [-0.15, -0.1) is 0 Å². The minimum absolute atomic E-state index is 0.176. The van der Waals surface area contributed by atoms with E-state index in [2.05, 4.69) is 46.0 Å². The van der Waals surface area contributed by atoms with E-state index in [-0.39, 0.29) is 5.91 Å². The number of aryl methyl sites for hydroxylation is 2. The van der Waals surface area contributed by atoms with Crippen molar-refractivity contribution in [3.8, 4) is 11.1 Å². The highest BCUT2D eigenvalue weighted by molar-refractivity contribution is 9.10. The number of amides is 1. The minimum Gasteiger partial charge on any atom is -0.378 e. The molecule has 0 unspecified atom stereocenters. The third-order valence-corrected chi connectivity index (χ3v) is 5.92. The summed E-state index contributed by atoms with van der Waals surface area (Å²) in [7, 11) is 0. The fourth-order valence-corrected chi connectivity index (χ4v) is 4.34. The van der Waals surface area contributed by atoms with Crippen LogP contribution in [0.3, 0.4) is 0 Å². The summed E-state index contributed by atoms with van der Waals surface area (Å²) in [6.07, 6.45) is 5.69. The molecule has 1 aliphatic rings. The topological polar surface area (TPSA) is 59.7 Å². The monoisotopic (exact) mass is 456 g/mol. The second-order valence-electron chi connectivity index (χ2n) is 7.30. The molecule has 1 amide bonds. The summed E-state index contributed by atoms with van der Waals surface area (Å²) in [4.78, 5) is 19.0. The first kappa shape index (κ1) is 20.0. The largest absolute Gasteiger partial charge is 0.378 e. The van der Waals surface area contributed by atoms with Crippen molar-refractivity contribution in [2.75, 3.05) is 26.3 Å². The molecule has 3 aromatic heterocycles. The molecule has 4 heterocycles. The molecule has 0 atom stereocenters. The van der Waals surface area contributed by atoms with Crippen LogP contribution in [0.15, 0.2) is 35.1 Å². The number of carbonyl (C=O) groups excluding carboxylic acids is 1. The Hall–Kier alpha value is -2.25. The van der Waals surface area contributed by atoms with E-state index in [1.54, 1.807) is 6.20 Å². The lowest BCUT2D eigenvalue weighted by molar-refractivity contribution is -0.135. The number of fused-ring (bicyclic) bond motifs is 1.